The van der Waals surface area contributed by atoms with Gasteiger partial charge < -0.3 is 10.3 Å². The molecule has 0 aliphatic heterocycles. The lowest BCUT2D eigenvalue weighted by molar-refractivity contribution is 0.532. The SMILES string of the molecule is CC(C)n1cc(-c2nc(-c3ccccc3)n(C)c2N)cn1. The number of imidazole rings is 1. The van der Waals surface area contributed by atoms with E-state index in [1.54, 1.807) is 0 Å². The van der Waals surface area contributed by atoms with E-state index in [0.29, 0.717) is 11.9 Å². The summed E-state index contributed by atoms with van der Waals surface area (Å²) in [5.74, 6) is 1.51. The van der Waals surface area contributed by atoms with E-state index in [2.05, 4.69) is 18.9 Å². The Balaban J connectivity index is 2.08. The summed E-state index contributed by atoms with van der Waals surface area (Å²) >= 11 is 0. The summed E-state index contributed by atoms with van der Waals surface area (Å²) < 4.78 is 3.82. The normalized spacial score (nSPS) is 11.2. The van der Waals surface area contributed by atoms with Crippen molar-refractivity contribution in [1.29, 1.82) is 0 Å². The monoisotopic (exact) mass is 281 g/mol. The van der Waals surface area contributed by atoms with Crippen LogP contribution in [-0.4, -0.2) is 19.3 Å². The van der Waals surface area contributed by atoms with Crippen LogP contribution < -0.4 is 5.73 Å². The molecule has 2 heterocycles. The zero-order valence-electron chi connectivity index (χ0n) is 12.5. The number of rotatable bonds is 3. The molecule has 0 spiro atoms. The van der Waals surface area contributed by atoms with E-state index in [-0.39, 0.29) is 0 Å². The molecule has 2 N–H and O–H groups in total. The van der Waals surface area contributed by atoms with Crippen molar-refractivity contribution >= 4 is 5.82 Å². The van der Waals surface area contributed by atoms with Crippen LogP contribution in [0, 0.1) is 0 Å². The highest BCUT2D eigenvalue weighted by molar-refractivity contribution is 5.74. The van der Waals surface area contributed by atoms with Gasteiger partial charge in [-0.25, -0.2) is 4.98 Å². The van der Waals surface area contributed by atoms with E-state index >= 15 is 0 Å². The molecule has 5 heteroatoms. The highest BCUT2D eigenvalue weighted by Crippen LogP contribution is 2.30. The third-order valence-corrected chi connectivity index (χ3v) is 3.58. The van der Waals surface area contributed by atoms with Crippen molar-refractivity contribution in [3.05, 3.63) is 42.7 Å². The summed E-state index contributed by atoms with van der Waals surface area (Å²) in [4.78, 5) is 4.71. The maximum Gasteiger partial charge on any atom is 0.142 e. The molecule has 0 unspecified atom stereocenters. The Morgan fingerprint density at radius 2 is 1.81 bits per heavy atom. The first-order chi connectivity index (χ1) is 10.1. The van der Waals surface area contributed by atoms with Crippen molar-refractivity contribution in [2.24, 2.45) is 7.05 Å². The molecule has 108 valence electrons. The van der Waals surface area contributed by atoms with Crippen LogP contribution in [0.2, 0.25) is 0 Å². The summed E-state index contributed by atoms with van der Waals surface area (Å²) in [5.41, 5.74) is 9.00. The lowest BCUT2D eigenvalue weighted by atomic mass is 10.2. The van der Waals surface area contributed by atoms with Gasteiger partial charge in [-0.05, 0) is 13.8 Å². The fourth-order valence-electron chi connectivity index (χ4n) is 2.31. The van der Waals surface area contributed by atoms with Crippen molar-refractivity contribution in [2.75, 3.05) is 5.73 Å². The van der Waals surface area contributed by atoms with Crippen LogP contribution in [0.4, 0.5) is 5.82 Å². The third kappa shape index (κ3) is 2.31. The number of hydrogen-bond acceptors (Lipinski definition) is 3. The van der Waals surface area contributed by atoms with Gasteiger partial charge in [-0.3, -0.25) is 4.68 Å². The van der Waals surface area contributed by atoms with E-state index < -0.39 is 0 Å². The predicted octanol–water partition coefficient (Wildman–Crippen LogP) is 3.11. The molecule has 0 amide bonds. The van der Waals surface area contributed by atoms with Crippen LogP contribution >= 0.6 is 0 Å². The fourth-order valence-corrected chi connectivity index (χ4v) is 2.31. The summed E-state index contributed by atoms with van der Waals surface area (Å²) in [6, 6.07) is 10.4. The molecule has 0 atom stereocenters. The van der Waals surface area contributed by atoms with Crippen molar-refractivity contribution in [3.63, 3.8) is 0 Å². The van der Waals surface area contributed by atoms with E-state index in [9.17, 15) is 0 Å². The van der Waals surface area contributed by atoms with E-state index in [4.69, 9.17) is 10.7 Å². The van der Waals surface area contributed by atoms with Gasteiger partial charge in [0.05, 0.1) is 6.20 Å². The minimum atomic E-state index is 0.317. The number of anilines is 1. The number of benzene rings is 1. The molecule has 0 fully saturated rings. The molecule has 21 heavy (non-hydrogen) atoms. The standard InChI is InChI=1S/C16H19N5/c1-11(2)21-10-13(9-18-21)14-15(17)20(3)16(19-14)12-7-5-4-6-8-12/h4-11H,17H2,1-3H3. The van der Waals surface area contributed by atoms with Crippen molar-refractivity contribution < 1.29 is 0 Å². The molecule has 0 aliphatic carbocycles. The molecule has 0 saturated heterocycles. The Bertz CT molecular complexity index is 752. The second-order valence-corrected chi connectivity index (χ2v) is 5.40. The van der Waals surface area contributed by atoms with Gasteiger partial charge in [0.1, 0.15) is 17.3 Å². The first-order valence-electron chi connectivity index (χ1n) is 7.00. The Hall–Kier alpha value is -2.56. The van der Waals surface area contributed by atoms with Crippen LogP contribution in [0.15, 0.2) is 42.7 Å². The maximum absolute atomic E-state index is 6.22. The molecule has 0 saturated carbocycles. The predicted molar refractivity (Wildman–Crippen MR) is 84.7 cm³/mol. The highest BCUT2D eigenvalue weighted by atomic mass is 15.3. The fraction of sp³-hybridized carbons (Fsp3) is 0.250. The summed E-state index contributed by atoms with van der Waals surface area (Å²) in [5, 5.41) is 4.36. The summed E-state index contributed by atoms with van der Waals surface area (Å²) in [6.45, 7) is 4.18. The van der Waals surface area contributed by atoms with Crippen molar-refractivity contribution in [2.45, 2.75) is 19.9 Å². The smallest absolute Gasteiger partial charge is 0.142 e. The molecule has 0 bridgehead atoms. The molecular formula is C16H19N5. The lowest BCUT2D eigenvalue weighted by Gasteiger charge is -2.03. The quantitative estimate of drug-likeness (QED) is 0.802. The zero-order valence-corrected chi connectivity index (χ0v) is 12.5. The lowest BCUT2D eigenvalue weighted by Crippen LogP contribution is -2.00. The topological polar surface area (TPSA) is 61.7 Å². The second kappa shape index (κ2) is 5.09. The van der Waals surface area contributed by atoms with Gasteiger partial charge >= 0.3 is 0 Å². The van der Waals surface area contributed by atoms with Crippen LogP contribution in [0.5, 0.6) is 0 Å². The number of nitrogen functional groups attached to an aromatic ring is 1. The Kier molecular flexibility index (Phi) is 3.25. The molecule has 3 aromatic rings. The van der Waals surface area contributed by atoms with Crippen LogP contribution in [0.1, 0.15) is 19.9 Å². The average molecular weight is 281 g/mol. The van der Waals surface area contributed by atoms with Gasteiger partial charge in [-0.2, -0.15) is 5.10 Å². The van der Waals surface area contributed by atoms with Crippen molar-refractivity contribution in [3.8, 4) is 22.6 Å². The Morgan fingerprint density at radius 1 is 1.10 bits per heavy atom. The van der Waals surface area contributed by atoms with Gasteiger partial charge in [0.25, 0.3) is 0 Å². The Labute approximate surface area is 124 Å². The van der Waals surface area contributed by atoms with Crippen molar-refractivity contribution in [1.82, 2.24) is 19.3 Å². The largest absolute Gasteiger partial charge is 0.383 e. The summed E-state index contributed by atoms with van der Waals surface area (Å²) in [7, 11) is 1.93. The molecular weight excluding hydrogens is 262 g/mol. The van der Waals surface area contributed by atoms with Crippen LogP contribution in [0.3, 0.4) is 0 Å². The average Bonchev–Trinajstić information content (AvgIpc) is 3.07. The first kappa shape index (κ1) is 13.4. The van der Waals surface area contributed by atoms with Gasteiger partial charge in [0.2, 0.25) is 0 Å². The van der Waals surface area contributed by atoms with Gasteiger partial charge in [-0.1, -0.05) is 30.3 Å². The van der Waals surface area contributed by atoms with Gasteiger partial charge in [0.15, 0.2) is 0 Å². The van der Waals surface area contributed by atoms with Crippen LogP contribution in [-0.2, 0) is 7.05 Å². The highest BCUT2D eigenvalue weighted by Gasteiger charge is 2.16. The summed E-state index contributed by atoms with van der Waals surface area (Å²) in [6.07, 6.45) is 3.80. The molecule has 0 radical (unpaired) electrons. The number of hydrogen-bond donors (Lipinski definition) is 1. The minimum Gasteiger partial charge on any atom is -0.383 e. The minimum absolute atomic E-state index is 0.317. The van der Waals surface area contributed by atoms with E-state index in [1.165, 1.54) is 0 Å². The second-order valence-electron chi connectivity index (χ2n) is 5.40. The molecule has 5 nitrogen and oxygen atoms in total. The van der Waals surface area contributed by atoms with E-state index in [1.807, 2.05) is 59.0 Å². The van der Waals surface area contributed by atoms with Gasteiger partial charge in [0, 0.05) is 30.4 Å². The molecule has 2 aromatic heterocycles. The van der Waals surface area contributed by atoms with Crippen LogP contribution in [0.25, 0.3) is 22.6 Å². The first-order valence-corrected chi connectivity index (χ1v) is 7.00. The zero-order chi connectivity index (χ0) is 15.0. The maximum atomic E-state index is 6.22. The van der Waals surface area contributed by atoms with Gasteiger partial charge in [-0.15, -0.1) is 0 Å². The molecule has 0 aliphatic rings. The molecule has 1 aromatic carbocycles. The Morgan fingerprint density at radius 3 is 2.43 bits per heavy atom. The number of nitrogens with zero attached hydrogens (tertiary/aromatic N) is 4. The number of aromatic nitrogens is 4. The number of nitrogens with two attached hydrogens (primary N) is 1. The third-order valence-electron chi connectivity index (χ3n) is 3.58. The van der Waals surface area contributed by atoms with E-state index in [0.717, 1.165) is 22.6 Å². The molecule has 3 rings (SSSR count).